The van der Waals surface area contributed by atoms with Gasteiger partial charge in [0.15, 0.2) is 0 Å². The Morgan fingerprint density at radius 1 is 1.12 bits per heavy atom. The van der Waals surface area contributed by atoms with Crippen LogP contribution in [0.5, 0.6) is 0 Å². The van der Waals surface area contributed by atoms with Gasteiger partial charge >= 0.3 is 0 Å². The van der Waals surface area contributed by atoms with Crippen molar-refractivity contribution in [2.45, 2.75) is 13.5 Å². The molecule has 0 spiro atoms. The molecule has 1 N–H and O–H groups in total. The monoisotopic (exact) mass is 322 g/mol. The quantitative estimate of drug-likeness (QED) is 0.753. The van der Waals surface area contributed by atoms with Crippen LogP contribution in [0.1, 0.15) is 23.2 Å². The molecule has 0 aliphatic carbocycles. The molecular formula is C18H18N4O2. The molecule has 3 rings (SSSR count). The van der Waals surface area contributed by atoms with E-state index in [9.17, 15) is 4.79 Å². The minimum atomic E-state index is -0.172. The van der Waals surface area contributed by atoms with Crippen LogP contribution in [0, 0.1) is 0 Å². The number of aromatic nitrogens is 2. The highest BCUT2D eigenvalue weighted by atomic mass is 16.3. The number of para-hydroxylation sites is 1. The summed E-state index contributed by atoms with van der Waals surface area (Å²) in [5, 5.41) is 3.10. The molecule has 0 fully saturated rings. The highest BCUT2D eigenvalue weighted by Crippen LogP contribution is 2.16. The number of carbonyl (C=O) groups is 1. The summed E-state index contributed by atoms with van der Waals surface area (Å²) in [6, 6.07) is 13.2. The molecule has 2 aromatic heterocycles. The normalized spacial score (nSPS) is 10.4. The second kappa shape index (κ2) is 7.41. The molecular weight excluding hydrogens is 304 g/mol. The van der Waals surface area contributed by atoms with Gasteiger partial charge in [-0.3, -0.25) is 4.79 Å². The predicted molar refractivity (Wildman–Crippen MR) is 91.9 cm³/mol. The first kappa shape index (κ1) is 15.7. The highest BCUT2D eigenvalue weighted by Gasteiger charge is 2.17. The Kier molecular flexibility index (Phi) is 4.86. The zero-order valence-corrected chi connectivity index (χ0v) is 13.3. The summed E-state index contributed by atoms with van der Waals surface area (Å²) < 4.78 is 5.24. The molecule has 2 heterocycles. The molecule has 0 bridgehead atoms. The predicted octanol–water partition coefficient (Wildman–Crippen LogP) is 3.35. The summed E-state index contributed by atoms with van der Waals surface area (Å²) in [4.78, 5) is 22.8. The summed E-state index contributed by atoms with van der Waals surface area (Å²) in [6.07, 6.45) is 4.65. The number of hydrogen-bond donors (Lipinski definition) is 1. The average Bonchev–Trinajstić information content (AvgIpc) is 3.15. The van der Waals surface area contributed by atoms with Crippen molar-refractivity contribution in [3.05, 3.63) is 72.6 Å². The third kappa shape index (κ3) is 3.60. The van der Waals surface area contributed by atoms with Crippen LogP contribution in [-0.4, -0.2) is 22.4 Å². The van der Waals surface area contributed by atoms with Crippen LogP contribution in [0.3, 0.4) is 0 Å². The Bertz CT molecular complexity index is 771. The SMILES string of the molecule is CCN(C(=O)c1cnc(NCc2ccco2)cn1)c1ccccc1. The Balaban J connectivity index is 1.69. The topological polar surface area (TPSA) is 71.3 Å². The lowest BCUT2D eigenvalue weighted by molar-refractivity contribution is 0.0983. The van der Waals surface area contributed by atoms with Gasteiger partial charge in [-0.05, 0) is 31.2 Å². The zero-order chi connectivity index (χ0) is 16.8. The van der Waals surface area contributed by atoms with E-state index in [0.717, 1.165) is 11.4 Å². The lowest BCUT2D eigenvalue weighted by Gasteiger charge is -2.20. The van der Waals surface area contributed by atoms with E-state index in [0.29, 0.717) is 24.6 Å². The molecule has 122 valence electrons. The number of anilines is 2. The van der Waals surface area contributed by atoms with Crippen LogP contribution in [-0.2, 0) is 6.54 Å². The average molecular weight is 322 g/mol. The summed E-state index contributed by atoms with van der Waals surface area (Å²) >= 11 is 0. The molecule has 6 nitrogen and oxygen atoms in total. The van der Waals surface area contributed by atoms with E-state index >= 15 is 0 Å². The second-order valence-electron chi connectivity index (χ2n) is 5.10. The van der Waals surface area contributed by atoms with E-state index in [1.165, 1.54) is 6.20 Å². The van der Waals surface area contributed by atoms with E-state index in [2.05, 4.69) is 15.3 Å². The third-order valence-corrected chi connectivity index (χ3v) is 3.52. The van der Waals surface area contributed by atoms with Crippen molar-refractivity contribution in [2.75, 3.05) is 16.8 Å². The second-order valence-corrected chi connectivity index (χ2v) is 5.10. The van der Waals surface area contributed by atoms with Crippen molar-refractivity contribution < 1.29 is 9.21 Å². The molecule has 0 unspecified atom stereocenters. The minimum absolute atomic E-state index is 0.172. The fourth-order valence-corrected chi connectivity index (χ4v) is 2.31. The van der Waals surface area contributed by atoms with Gasteiger partial charge in [-0.25, -0.2) is 9.97 Å². The van der Waals surface area contributed by atoms with Gasteiger partial charge < -0.3 is 14.6 Å². The number of carbonyl (C=O) groups excluding carboxylic acids is 1. The van der Waals surface area contributed by atoms with Crippen molar-refractivity contribution in [2.24, 2.45) is 0 Å². The number of nitrogens with one attached hydrogen (secondary N) is 1. The smallest absolute Gasteiger partial charge is 0.278 e. The first-order valence-electron chi connectivity index (χ1n) is 7.73. The number of nitrogens with zero attached hydrogens (tertiary/aromatic N) is 3. The van der Waals surface area contributed by atoms with Crippen LogP contribution in [0.2, 0.25) is 0 Å². The molecule has 0 atom stereocenters. The third-order valence-electron chi connectivity index (χ3n) is 3.52. The largest absolute Gasteiger partial charge is 0.467 e. The fraction of sp³-hybridized carbons (Fsp3) is 0.167. The first-order chi connectivity index (χ1) is 11.8. The number of benzene rings is 1. The van der Waals surface area contributed by atoms with E-state index in [4.69, 9.17) is 4.42 Å². The minimum Gasteiger partial charge on any atom is -0.467 e. The number of rotatable bonds is 6. The number of amides is 1. The van der Waals surface area contributed by atoms with Gasteiger partial charge in [0.2, 0.25) is 0 Å². The van der Waals surface area contributed by atoms with Crippen LogP contribution < -0.4 is 10.2 Å². The lowest BCUT2D eigenvalue weighted by atomic mass is 10.2. The molecule has 3 aromatic rings. The van der Waals surface area contributed by atoms with Crippen molar-refractivity contribution >= 4 is 17.4 Å². The standard InChI is InChI=1S/C18H18N4O2/c1-2-22(14-7-4-3-5-8-14)18(23)16-12-21-17(13-19-16)20-11-15-9-6-10-24-15/h3-10,12-13H,2,11H2,1H3,(H,20,21). The Labute approximate surface area is 140 Å². The van der Waals surface area contributed by atoms with Gasteiger partial charge in [-0.1, -0.05) is 18.2 Å². The summed E-state index contributed by atoms with van der Waals surface area (Å²) in [5.41, 5.74) is 1.15. The Morgan fingerprint density at radius 3 is 2.58 bits per heavy atom. The van der Waals surface area contributed by atoms with Crippen molar-refractivity contribution in [1.82, 2.24) is 9.97 Å². The van der Waals surface area contributed by atoms with Crippen molar-refractivity contribution in [1.29, 1.82) is 0 Å². The molecule has 1 amide bonds. The van der Waals surface area contributed by atoms with Crippen LogP contribution >= 0.6 is 0 Å². The van der Waals surface area contributed by atoms with Gasteiger partial charge in [0, 0.05) is 12.2 Å². The zero-order valence-electron chi connectivity index (χ0n) is 13.3. The van der Waals surface area contributed by atoms with Crippen molar-refractivity contribution in [3.8, 4) is 0 Å². The molecule has 0 saturated heterocycles. The van der Waals surface area contributed by atoms with E-state index in [1.54, 1.807) is 17.4 Å². The lowest BCUT2D eigenvalue weighted by Crippen LogP contribution is -2.31. The van der Waals surface area contributed by atoms with Crippen LogP contribution in [0.4, 0.5) is 11.5 Å². The Morgan fingerprint density at radius 2 is 1.96 bits per heavy atom. The van der Waals surface area contributed by atoms with Crippen molar-refractivity contribution in [3.63, 3.8) is 0 Å². The molecule has 24 heavy (non-hydrogen) atoms. The number of furan rings is 1. The van der Waals surface area contributed by atoms with E-state index in [-0.39, 0.29) is 5.91 Å². The highest BCUT2D eigenvalue weighted by molar-refractivity contribution is 6.04. The summed E-state index contributed by atoms with van der Waals surface area (Å²) in [6.45, 7) is 3.00. The van der Waals surface area contributed by atoms with Gasteiger partial charge in [-0.2, -0.15) is 0 Å². The molecule has 6 heteroatoms. The van der Waals surface area contributed by atoms with E-state index in [1.807, 2.05) is 49.4 Å². The van der Waals surface area contributed by atoms with Gasteiger partial charge in [-0.15, -0.1) is 0 Å². The maximum atomic E-state index is 12.6. The maximum Gasteiger partial charge on any atom is 0.278 e. The van der Waals surface area contributed by atoms with Crippen LogP contribution in [0.15, 0.2) is 65.5 Å². The molecule has 0 radical (unpaired) electrons. The van der Waals surface area contributed by atoms with E-state index < -0.39 is 0 Å². The fourth-order valence-electron chi connectivity index (χ4n) is 2.31. The molecule has 0 saturated carbocycles. The van der Waals surface area contributed by atoms with Crippen LogP contribution in [0.25, 0.3) is 0 Å². The first-order valence-corrected chi connectivity index (χ1v) is 7.73. The van der Waals surface area contributed by atoms with Gasteiger partial charge in [0.25, 0.3) is 5.91 Å². The molecule has 1 aromatic carbocycles. The Hall–Kier alpha value is -3.15. The van der Waals surface area contributed by atoms with Gasteiger partial charge in [0.1, 0.15) is 17.3 Å². The molecule has 0 aliphatic heterocycles. The number of hydrogen-bond acceptors (Lipinski definition) is 5. The molecule has 0 aliphatic rings. The summed E-state index contributed by atoms with van der Waals surface area (Å²) in [5.74, 6) is 1.22. The van der Waals surface area contributed by atoms with Gasteiger partial charge in [0.05, 0.1) is 25.2 Å². The maximum absolute atomic E-state index is 12.6. The summed E-state index contributed by atoms with van der Waals surface area (Å²) in [7, 11) is 0.